The third kappa shape index (κ3) is 2.39. The predicted molar refractivity (Wildman–Crippen MR) is 64.0 cm³/mol. The molecule has 0 unspecified atom stereocenters. The topological polar surface area (TPSA) is 36.4 Å². The molecule has 16 heavy (non-hydrogen) atoms. The Bertz CT molecular complexity index is 384. The molecule has 0 radical (unpaired) electrons. The van der Waals surface area contributed by atoms with E-state index < -0.39 is 0 Å². The van der Waals surface area contributed by atoms with E-state index in [2.05, 4.69) is 21.8 Å². The first-order chi connectivity index (χ1) is 7.66. The largest absolute Gasteiger partial charge is 0.354 e. The molecule has 1 aromatic heterocycles. The summed E-state index contributed by atoms with van der Waals surface area (Å²) in [6.45, 7) is 5.64. The average Bonchev–Trinajstić information content (AvgIpc) is 2.30. The average molecular weight is 219 g/mol. The fourth-order valence-corrected chi connectivity index (χ4v) is 1.85. The van der Waals surface area contributed by atoms with Gasteiger partial charge in [-0.05, 0) is 26.1 Å². The molecule has 0 amide bonds. The Morgan fingerprint density at radius 2 is 2.00 bits per heavy atom. The molecule has 0 N–H and O–H groups in total. The zero-order valence-corrected chi connectivity index (χ0v) is 9.81. The standard InChI is InChI=1S/C12H17N3O/c1-10(16)11-3-4-13-12(9-11)15-7-5-14(2)6-8-15/h3-4,9H,5-8H2,1-2H3. The molecule has 2 heterocycles. The molecule has 1 aliphatic rings. The van der Waals surface area contributed by atoms with Crippen LogP contribution in [0.4, 0.5) is 5.82 Å². The number of anilines is 1. The number of piperazine rings is 1. The van der Waals surface area contributed by atoms with E-state index in [1.165, 1.54) is 0 Å². The van der Waals surface area contributed by atoms with Crippen LogP contribution in [0.1, 0.15) is 17.3 Å². The number of hydrogen-bond donors (Lipinski definition) is 0. The molecule has 0 aromatic carbocycles. The Morgan fingerprint density at radius 3 is 2.62 bits per heavy atom. The van der Waals surface area contributed by atoms with Crippen LogP contribution in [-0.4, -0.2) is 48.9 Å². The highest BCUT2D eigenvalue weighted by molar-refractivity contribution is 5.94. The highest BCUT2D eigenvalue weighted by Gasteiger charge is 2.15. The van der Waals surface area contributed by atoms with Crippen molar-refractivity contribution < 1.29 is 4.79 Å². The minimum atomic E-state index is 0.0952. The lowest BCUT2D eigenvalue weighted by atomic mass is 10.2. The van der Waals surface area contributed by atoms with Gasteiger partial charge in [0.05, 0.1) is 0 Å². The van der Waals surface area contributed by atoms with Gasteiger partial charge in [0.25, 0.3) is 0 Å². The van der Waals surface area contributed by atoms with Gasteiger partial charge in [0, 0.05) is 37.9 Å². The molecule has 0 saturated carbocycles. The molecular formula is C12H17N3O. The van der Waals surface area contributed by atoms with E-state index in [9.17, 15) is 4.79 Å². The number of hydrogen-bond acceptors (Lipinski definition) is 4. The second-order valence-electron chi connectivity index (χ2n) is 4.25. The lowest BCUT2D eigenvalue weighted by molar-refractivity contribution is 0.101. The summed E-state index contributed by atoms with van der Waals surface area (Å²) < 4.78 is 0. The second kappa shape index (κ2) is 4.61. The zero-order valence-electron chi connectivity index (χ0n) is 9.81. The van der Waals surface area contributed by atoms with Crippen molar-refractivity contribution in [3.05, 3.63) is 23.9 Å². The smallest absolute Gasteiger partial charge is 0.159 e. The summed E-state index contributed by atoms with van der Waals surface area (Å²) in [5.41, 5.74) is 0.740. The molecular weight excluding hydrogens is 202 g/mol. The monoisotopic (exact) mass is 219 g/mol. The summed E-state index contributed by atoms with van der Waals surface area (Å²) in [4.78, 5) is 20.1. The highest BCUT2D eigenvalue weighted by Crippen LogP contribution is 2.14. The van der Waals surface area contributed by atoms with Crippen LogP contribution < -0.4 is 4.90 Å². The molecule has 86 valence electrons. The van der Waals surface area contributed by atoms with Gasteiger partial charge in [0.2, 0.25) is 0 Å². The van der Waals surface area contributed by atoms with Crippen molar-refractivity contribution in [2.75, 3.05) is 38.1 Å². The van der Waals surface area contributed by atoms with Gasteiger partial charge >= 0.3 is 0 Å². The number of carbonyl (C=O) groups excluding carboxylic acids is 1. The highest BCUT2D eigenvalue weighted by atomic mass is 16.1. The van der Waals surface area contributed by atoms with Gasteiger partial charge in [0.15, 0.2) is 5.78 Å². The number of nitrogens with zero attached hydrogens (tertiary/aromatic N) is 3. The zero-order chi connectivity index (χ0) is 11.5. The molecule has 2 rings (SSSR count). The number of likely N-dealkylation sites (N-methyl/N-ethyl adjacent to an activating group) is 1. The Labute approximate surface area is 95.9 Å². The number of Topliss-reactive ketones (excluding diaryl/α,β-unsaturated/α-hetero) is 1. The van der Waals surface area contributed by atoms with E-state index in [4.69, 9.17) is 0 Å². The van der Waals surface area contributed by atoms with Crippen molar-refractivity contribution in [2.24, 2.45) is 0 Å². The normalized spacial score (nSPS) is 17.5. The van der Waals surface area contributed by atoms with Crippen LogP contribution >= 0.6 is 0 Å². The first kappa shape index (κ1) is 11.1. The quantitative estimate of drug-likeness (QED) is 0.696. The summed E-state index contributed by atoms with van der Waals surface area (Å²) in [6.07, 6.45) is 1.71. The van der Waals surface area contributed by atoms with Crippen molar-refractivity contribution >= 4 is 11.6 Å². The van der Waals surface area contributed by atoms with E-state index in [1.54, 1.807) is 19.2 Å². The number of ketones is 1. The Kier molecular flexibility index (Phi) is 3.19. The number of pyridine rings is 1. The van der Waals surface area contributed by atoms with Gasteiger partial charge in [-0.15, -0.1) is 0 Å². The molecule has 1 aliphatic heterocycles. The Balaban J connectivity index is 2.14. The fourth-order valence-electron chi connectivity index (χ4n) is 1.85. The van der Waals surface area contributed by atoms with Gasteiger partial charge in [-0.1, -0.05) is 0 Å². The van der Waals surface area contributed by atoms with Crippen molar-refractivity contribution in [2.45, 2.75) is 6.92 Å². The van der Waals surface area contributed by atoms with Crippen LogP contribution in [0.2, 0.25) is 0 Å². The maximum Gasteiger partial charge on any atom is 0.159 e. The summed E-state index contributed by atoms with van der Waals surface area (Å²) >= 11 is 0. The van der Waals surface area contributed by atoms with Crippen molar-refractivity contribution in [1.82, 2.24) is 9.88 Å². The van der Waals surface area contributed by atoms with E-state index in [-0.39, 0.29) is 5.78 Å². The van der Waals surface area contributed by atoms with Crippen LogP contribution in [0.25, 0.3) is 0 Å². The van der Waals surface area contributed by atoms with E-state index in [0.29, 0.717) is 0 Å². The van der Waals surface area contributed by atoms with Crippen molar-refractivity contribution in [1.29, 1.82) is 0 Å². The van der Waals surface area contributed by atoms with Crippen molar-refractivity contribution in [3.63, 3.8) is 0 Å². The van der Waals surface area contributed by atoms with Gasteiger partial charge in [0.1, 0.15) is 5.82 Å². The Hall–Kier alpha value is -1.42. The SMILES string of the molecule is CC(=O)c1ccnc(N2CCN(C)CC2)c1. The lowest BCUT2D eigenvalue weighted by Gasteiger charge is -2.33. The summed E-state index contributed by atoms with van der Waals surface area (Å²) in [5.74, 6) is 1.01. The van der Waals surface area contributed by atoms with Crippen LogP contribution in [0.5, 0.6) is 0 Å². The van der Waals surface area contributed by atoms with E-state index >= 15 is 0 Å². The van der Waals surface area contributed by atoms with Gasteiger partial charge in [-0.2, -0.15) is 0 Å². The maximum atomic E-state index is 11.3. The fraction of sp³-hybridized carbons (Fsp3) is 0.500. The third-order valence-electron chi connectivity index (χ3n) is 2.98. The first-order valence-electron chi connectivity index (χ1n) is 5.57. The molecule has 4 nitrogen and oxygen atoms in total. The number of rotatable bonds is 2. The van der Waals surface area contributed by atoms with Crippen LogP contribution in [0.15, 0.2) is 18.3 Å². The van der Waals surface area contributed by atoms with Crippen LogP contribution in [0, 0.1) is 0 Å². The molecule has 0 atom stereocenters. The van der Waals surface area contributed by atoms with E-state index in [1.807, 2.05) is 6.07 Å². The Morgan fingerprint density at radius 1 is 1.31 bits per heavy atom. The van der Waals surface area contributed by atoms with Crippen LogP contribution in [-0.2, 0) is 0 Å². The molecule has 0 spiro atoms. The molecule has 1 saturated heterocycles. The first-order valence-corrected chi connectivity index (χ1v) is 5.57. The summed E-state index contributed by atoms with van der Waals surface area (Å²) in [5, 5.41) is 0. The van der Waals surface area contributed by atoms with Crippen molar-refractivity contribution in [3.8, 4) is 0 Å². The van der Waals surface area contributed by atoms with Gasteiger partial charge in [-0.25, -0.2) is 4.98 Å². The summed E-state index contributed by atoms with van der Waals surface area (Å²) in [6, 6.07) is 3.65. The molecule has 1 aromatic rings. The van der Waals surface area contributed by atoms with Crippen LogP contribution in [0.3, 0.4) is 0 Å². The van der Waals surface area contributed by atoms with Gasteiger partial charge in [-0.3, -0.25) is 4.79 Å². The lowest BCUT2D eigenvalue weighted by Crippen LogP contribution is -2.44. The molecule has 0 aliphatic carbocycles. The van der Waals surface area contributed by atoms with E-state index in [0.717, 1.165) is 37.6 Å². The second-order valence-corrected chi connectivity index (χ2v) is 4.25. The molecule has 4 heteroatoms. The number of carbonyl (C=O) groups is 1. The number of aromatic nitrogens is 1. The predicted octanol–water partition coefficient (Wildman–Crippen LogP) is 1.04. The minimum absolute atomic E-state index is 0.0952. The van der Waals surface area contributed by atoms with Gasteiger partial charge < -0.3 is 9.80 Å². The summed E-state index contributed by atoms with van der Waals surface area (Å²) in [7, 11) is 2.12. The molecule has 0 bridgehead atoms. The minimum Gasteiger partial charge on any atom is -0.354 e. The third-order valence-corrected chi connectivity index (χ3v) is 2.98. The maximum absolute atomic E-state index is 11.3. The molecule has 1 fully saturated rings.